The SMILES string of the molecule is Cc1cc(C)cc(-n2nc(C(=O)O)cc2-c2ccc(C)c(C)c2)c1. The molecule has 4 nitrogen and oxygen atoms in total. The van der Waals surface area contributed by atoms with Crippen molar-refractivity contribution in [2.24, 2.45) is 0 Å². The van der Waals surface area contributed by atoms with Gasteiger partial charge in [0.15, 0.2) is 5.69 Å². The summed E-state index contributed by atoms with van der Waals surface area (Å²) < 4.78 is 1.72. The minimum atomic E-state index is -1.02. The van der Waals surface area contributed by atoms with Crippen molar-refractivity contribution in [1.29, 1.82) is 0 Å². The average molecular weight is 320 g/mol. The van der Waals surface area contributed by atoms with Gasteiger partial charge in [-0.05, 0) is 74.2 Å². The number of nitrogens with zero attached hydrogens (tertiary/aromatic N) is 2. The van der Waals surface area contributed by atoms with Crippen molar-refractivity contribution in [1.82, 2.24) is 9.78 Å². The molecule has 0 radical (unpaired) electrons. The summed E-state index contributed by atoms with van der Waals surface area (Å²) in [5.74, 6) is -1.02. The summed E-state index contributed by atoms with van der Waals surface area (Å²) in [6, 6.07) is 13.8. The molecule has 0 bridgehead atoms. The summed E-state index contributed by atoms with van der Waals surface area (Å²) in [6.45, 7) is 8.15. The topological polar surface area (TPSA) is 55.1 Å². The molecule has 24 heavy (non-hydrogen) atoms. The molecule has 0 fully saturated rings. The van der Waals surface area contributed by atoms with E-state index in [1.165, 1.54) is 5.56 Å². The molecule has 1 heterocycles. The van der Waals surface area contributed by atoms with Crippen molar-refractivity contribution in [2.45, 2.75) is 27.7 Å². The first-order valence-corrected chi connectivity index (χ1v) is 7.85. The second-order valence-electron chi connectivity index (χ2n) is 6.28. The van der Waals surface area contributed by atoms with Crippen LogP contribution in [-0.2, 0) is 0 Å². The van der Waals surface area contributed by atoms with Gasteiger partial charge in [0.2, 0.25) is 0 Å². The standard InChI is InChI=1S/C20H20N2O2/c1-12-7-13(2)9-17(8-12)22-19(11-18(21-22)20(23)24)16-6-5-14(3)15(4)10-16/h5-11H,1-4H3,(H,23,24). The quantitative estimate of drug-likeness (QED) is 0.774. The van der Waals surface area contributed by atoms with Crippen molar-refractivity contribution < 1.29 is 9.90 Å². The maximum absolute atomic E-state index is 11.4. The number of rotatable bonds is 3. The lowest BCUT2D eigenvalue weighted by Crippen LogP contribution is -2.03. The molecule has 4 heteroatoms. The zero-order valence-electron chi connectivity index (χ0n) is 14.3. The Morgan fingerprint density at radius 3 is 2.17 bits per heavy atom. The molecule has 122 valence electrons. The number of hydrogen-bond acceptors (Lipinski definition) is 2. The molecule has 0 aliphatic carbocycles. The number of benzene rings is 2. The van der Waals surface area contributed by atoms with Crippen molar-refractivity contribution in [3.8, 4) is 16.9 Å². The highest BCUT2D eigenvalue weighted by molar-refractivity contribution is 5.87. The van der Waals surface area contributed by atoms with E-state index in [0.717, 1.165) is 33.6 Å². The van der Waals surface area contributed by atoms with Gasteiger partial charge in [0, 0.05) is 5.56 Å². The Morgan fingerprint density at radius 1 is 0.917 bits per heavy atom. The van der Waals surface area contributed by atoms with Gasteiger partial charge in [-0.2, -0.15) is 5.10 Å². The van der Waals surface area contributed by atoms with E-state index in [0.29, 0.717) is 0 Å². The van der Waals surface area contributed by atoms with Crippen LogP contribution in [0, 0.1) is 27.7 Å². The maximum atomic E-state index is 11.4. The molecule has 2 aromatic carbocycles. The third-order valence-corrected chi connectivity index (χ3v) is 4.18. The van der Waals surface area contributed by atoms with Gasteiger partial charge in [-0.25, -0.2) is 9.48 Å². The summed E-state index contributed by atoms with van der Waals surface area (Å²) in [4.78, 5) is 11.4. The minimum Gasteiger partial charge on any atom is -0.476 e. The van der Waals surface area contributed by atoms with Crippen molar-refractivity contribution in [3.05, 3.63) is 70.4 Å². The van der Waals surface area contributed by atoms with E-state index in [4.69, 9.17) is 0 Å². The molecule has 0 saturated heterocycles. The lowest BCUT2D eigenvalue weighted by Gasteiger charge is -2.11. The average Bonchev–Trinajstić information content (AvgIpc) is 2.94. The first-order chi connectivity index (χ1) is 11.3. The fourth-order valence-electron chi connectivity index (χ4n) is 2.86. The highest BCUT2D eigenvalue weighted by Crippen LogP contribution is 2.27. The Kier molecular flexibility index (Phi) is 3.97. The molecule has 0 atom stereocenters. The summed E-state index contributed by atoms with van der Waals surface area (Å²) in [5, 5.41) is 13.7. The number of carbonyl (C=O) groups is 1. The Balaban J connectivity index is 2.24. The number of carboxylic acid groups (broad SMARTS) is 1. The first kappa shape index (κ1) is 16.0. The molecule has 0 spiro atoms. The second-order valence-corrected chi connectivity index (χ2v) is 6.28. The van der Waals surface area contributed by atoms with Gasteiger partial charge in [-0.15, -0.1) is 0 Å². The van der Waals surface area contributed by atoms with Crippen LogP contribution in [0.3, 0.4) is 0 Å². The Bertz CT molecular complexity index is 919. The van der Waals surface area contributed by atoms with E-state index in [1.807, 2.05) is 38.1 Å². The van der Waals surface area contributed by atoms with E-state index in [2.05, 4.69) is 31.1 Å². The highest BCUT2D eigenvalue weighted by atomic mass is 16.4. The van der Waals surface area contributed by atoms with Crippen LogP contribution < -0.4 is 0 Å². The molecule has 3 rings (SSSR count). The summed E-state index contributed by atoms with van der Waals surface area (Å²) in [5.41, 5.74) is 7.24. The molecule has 0 aliphatic rings. The third kappa shape index (κ3) is 2.95. The van der Waals surface area contributed by atoms with Gasteiger partial charge < -0.3 is 5.11 Å². The number of carboxylic acids is 1. The van der Waals surface area contributed by atoms with Crippen LogP contribution in [0.15, 0.2) is 42.5 Å². The van der Waals surface area contributed by atoms with E-state index in [9.17, 15) is 9.90 Å². The van der Waals surface area contributed by atoms with Crippen LogP contribution in [-0.4, -0.2) is 20.9 Å². The molecular weight excluding hydrogens is 300 g/mol. The highest BCUT2D eigenvalue weighted by Gasteiger charge is 2.16. The Labute approximate surface area is 141 Å². The second kappa shape index (κ2) is 5.96. The summed E-state index contributed by atoms with van der Waals surface area (Å²) in [7, 11) is 0. The fraction of sp³-hybridized carbons (Fsp3) is 0.200. The normalized spacial score (nSPS) is 10.8. The van der Waals surface area contributed by atoms with Crippen LogP contribution in [0.4, 0.5) is 0 Å². The van der Waals surface area contributed by atoms with Crippen LogP contribution >= 0.6 is 0 Å². The van der Waals surface area contributed by atoms with Gasteiger partial charge in [-0.3, -0.25) is 0 Å². The van der Waals surface area contributed by atoms with E-state index in [1.54, 1.807) is 10.7 Å². The first-order valence-electron chi connectivity index (χ1n) is 7.85. The van der Waals surface area contributed by atoms with Crippen molar-refractivity contribution >= 4 is 5.97 Å². The number of aryl methyl sites for hydroxylation is 4. The third-order valence-electron chi connectivity index (χ3n) is 4.18. The zero-order chi connectivity index (χ0) is 17.4. The molecule has 0 amide bonds. The maximum Gasteiger partial charge on any atom is 0.356 e. The predicted octanol–water partition coefficient (Wildman–Crippen LogP) is 4.47. The largest absolute Gasteiger partial charge is 0.476 e. The molecule has 0 saturated carbocycles. The summed E-state index contributed by atoms with van der Waals surface area (Å²) >= 11 is 0. The number of aromatic carboxylic acids is 1. The minimum absolute atomic E-state index is 0.0439. The molecule has 0 unspecified atom stereocenters. The smallest absolute Gasteiger partial charge is 0.356 e. The lowest BCUT2D eigenvalue weighted by atomic mass is 10.0. The predicted molar refractivity (Wildman–Crippen MR) is 94.9 cm³/mol. The summed E-state index contributed by atoms with van der Waals surface area (Å²) in [6.07, 6.45) is 0. The van der Waals surface area contributed by atoms with Crippen molar-refractivity contribution in [3.63, 3.8) is 0 Å². The van der Waals surface area contributed by atoms with Crippen LogP contribution in [0.5, 0.6) is 0 Å². The molecule has 1 N–H and O–H groups in total. The van der Waals surface area contributed by atoms with Gasteiger partial charge in [-0.1, -0.05) is 18.2 Å². The van der Waals surface area contributed by atoms with E-state index in [-0.39, 0.29) is 5.69 Å². The van der Waals surface area contributed by atoms with Gasteiger partial charge in [0.1, 0.15) is 0 Å². The number of hydrogen-bond donors (Lipinski definition) is 1. The van der Waals surface area contributed by atoms with E-state index < -0.39 is 5.97 Å². The van der Waals surface area contributed by atoms with Crippen molar-refractivity contribution in [2.75, 3.05) is 0 Å². The molecule has 0 aliphatic heterocycles. The van der Waals surface area contributed by atoms with E-state index >= 15 is 0 Å². The van der Waals surface area contributed by atoms with Crippen LogP contribution in [0.25, 0.3) is 16.9 Å². The van der Waals surface area contributed by atoms with Gasteiger partial charge in [0.05, 0.1) is 11.4 Å². The Hall–Kier alpha value is -2.88. The van der Waals surface area contributed by atoms with Crippen LogP contribution in [0.2, 0.25) is 0 Å². The molecular formula is C20H20N2O2. The monoisotopic (exact) mass is 320 g/mol. The number of aromatic nitrogens is 2. The van der Waals surface area contributed by atoms with Crippen LogP contribution in [0.1, 0.15) is 32.7 Å². The fourth-order valence-corrected chi connectivity index (χ4v) is 2.86. The zero-order valence-corrected chi connectivity index (χ0v) is 14.3. The molecule has 1 aromatic heterocycles. The van der Waals surface area contributed by atoms with Gasteiger partial charge >= 0.3 is 5.97 Å². The Morgan fingerprint density at radius 2 is 1.58 bits per heavy atom. The molecule has 3 aromatic rings. The lowest BCUT2D eigenvalue weighted by molar-refractivity contribution is 0.0690. The van der Waals surface area contributed by atoms with Gasteiger partial charge in [0.25, 0.3) is 0 Å².